The van der Waals surface area contributed by atoms with Crippen molar-refractivity contribution in [3.05, 3.63) is 94.2 Å². The Bertz CT molecular complexity index is 1200. The van der Waals surface area contributed by atoms with E-state index in [1.54, 1.807) is 24.2 Å². The molecule has 4 rings (SSSR count). The number of rotatable bonds is 7. The van der Waals surface area contributed by atoms with Crippen LogP contribution in [0.15, 0.2) is 77.5 Å². The Balaban J connectivity index is 1.37. The molecule has 0 saturated heterocycles. The second-order valence-corrected chi connectivity index (χ2v) is 8.49. The fourth-order valence-corrected chi connectivity index (χ4v) is 4.17. The summed E-state index contributed by atoms with van der Waals surface area (Å²) in [6.07, 6.45) is 5.42. The Kier molecular flexibility index (Phi) is 6.37. The number of carbonyl (C=O) groups is 1. The predicted molar refractivity (Wildman–Crippen MR) is 126 cm³/mol. The smallest absolute Gasteiger partial charge is 0.257 e. The number of hydrogen-bond donors (Lipinski definition) is 1. The van der Waals surface area contributed by atoms with E-state index in [0.717, 1.165) is 35.7 Å². The molecule has 3 aromatic carbocycles. The highest BCUT2D eigenvalue weighted by Crippen LogP contribution is 2.32. The molecule has 31 heavy (non-hydrogen) atoms. The summed E-state index contributed by atoms with van der Waals surface area (Å²) in [5, 5.41) is 16.1. The van der Waals surface area contributed by atoms with Crippen LogP contribution in [0.2, 0.25) is 0 Å². The Morgan fingerprint density at radius 1 is 1.10 bits per heavy atom. The average Bonchev–Trinajstić information content (AvgIpc) is 3.25. The van der Waals surface area contributed by atoms with Gasteiger partial charge in [0.2, 0.25) is 0 Å². The minimum absolute atomic E-state index is 0.0544. The number of hydrogen-bond acceptors (Lipinski definition) is 3. The molecule has 5 nitrogen and oxygen atoms in total. The summed E-state index contributed by atoms with van der Waals surface area (Å²) in [5.41, 5.74) is 2.93. The quantitative estimate of drug-likeness (QED) is 0.387. The van der Waals surface area contributed by atoms with Gasteiger partial charge in [-0.2, -0.15) is 5.10 Å². The molecule has 6 heteroatoms. The lowest BCUT2D eigenvalue weighted by atomic mass is 10.1. The summed E-state index contributed by atoms with van der Waals surface area (Å²) in [6.45, 7) is 1.27. The van der Waals surface area contributed by atoms with Crippen LogP contribution in [0.4, 0.5) is 0 Å². The molecule has 1 heterocycles. The summed E-state index contributed by atoms with van der Waals surface area (Å²) >= 11 is 3.42. The molecule has 158 valence electrons. The van der Waals surface area contributed by atoms with E-state index >= 15 is 0 Å². The molecule has 1 amide bonds. The minimum atomic E-state index is -0.0544. The monoisotopic (exact) mass is 477 g/mol. The summed E-state index contributed by atoms with van der Waals surface area (Å²) in [4.78, 5) is 14.5. The number of benzene rings is 3. The lowest BCUT2D eigenvalue weighted by Crippen LogP contribution is -2.25. The fraction of sp³-hybridized carbons (Fsp3) is 0.200. The van der Waals surface area contributed by atoms with Gasteiger partial charge in [-0.05, 0) is 62.8 Å². The van der Waals surface area contributed by atoms with E-state index < -0.39 is 0 Å². The van der Waals surface area contributed by atoms with Gasteiger partial charge in [-0.1, -0.05) is 48.5 Å². The highest BCUT2D eigenvalue weighted by molar-refractivity contribution is 9.10. The molecular weight excluding hydrogens is 454 g/mol. The number of phenols is 1. The number of aryl methyl sites for hydroxylation is 2. The number of fused-ring (bicyclic) bond motifs is 1. The third kappa shape index (κ3) is 4.97. The SMILES string of the molecule is CN(Cc1ccc2c(Br)c(O)ccc2c1)C(=O)c1cnn(CCCc2ccccc2)c1. The van der Waals surface area contributed by atoms with Crippen molar-refractivity contribution < 1.29 is 9.90 Å². The fourth-order valence-electron chi connectivity index (χ4n) is 3.68. The second kappa shape index (κ2) is 9.35. The van der Waals surface area contributed by atoms with Crippen LogP contribution in [0.5, 0.6) is 5.75 Å². The zero-order valence-electron chi connectivity index (χ0n) is 17.3. The van der Waals surface area contributed by atoms with E-state index in [-0.39, 0.29) is 11.7 Å². The normalized spacial score (nSPS) is 11.0. The molecule has 0 fully saturated rings. The number of carbonyl (C=O) groups excluding carboxylic acids is 1. The number of halogens is 1. The summed E-state index contributed by atoms with van der Waals surface area (Å²) in [6, 6.07) is 19.9. The lowest BCUT2D eigenvalue weighted by molar-refractivity contribution is 0.0785. The van der Waals surface area contributed by atoms with Gasteiger partial charge in [0.1, 0.15) is 5.75 Å². The van der Waals surface area contributed by atoms with Crippen molar-refractivity contribution in [3.8, 4) is 5.75 Å². The van der Waals surface area contributed by atoms with Gasteiger partial charge in [-0.3, -0.25) is 9.48 Å². The molecule has 0 spiro atoms. The van der Waals surface area contributed by atoms with Crippen LogP contribution in [0.1, 0.15) is 27.9 Å². The van der Waals surface area contributed by atoms with Gasteiger partial charge in [-0.25, -0.2) is 0 Å². The Morgan fingerprint density at radius 3 is 2.71 bits per heavy atom. The summed E-state index contributed by atoms with van der Waals surface area (Å²) in [7, 11) is 1.80. The Morgan fingerprint density at radius 2 is 1.90 bits per heavy atom. The molecule has 0 saturated carbocycles. The van der Waals surface area contributed by atoms with Crippen LogP contribution in [0.3, 0.4) is 0 Å². The van der Waals surface area contributed by atoms with Crippen LogP contribution in [0, 0.1) is 0 Å². The first kappa shape index (κ1) is 21.1. The van der Waals surface area contributed by atoms with E-state index in [4.69, 9.17) is 0 Å². The number of aromatic hydroxyl groups is 1. The Hall–Kier alpha value is -3.12. The summed E-state index contributed by atoms with van der Waals surface area (Å²) < 4.78 is 2.52. The van der Waals surface area contributed by atoms with Crippen LogP contribution in [0.25, 0.3) is 10.8 Å². The first-order chi connectivity index (χ1) is 15.0. The van der Waals surface area contributed by atoms with Gasteiger partial charge < -0.3 is 10.0 Å². The standard InChI is InChI=1S/C25H24BrN3O2/c1-28(16-19-9-11-22-20(14-19)10-12-23(30)24(22)26)25(31)21-15-27-29(17-21)13-5-8-18-6-3-2-4-7-18/h2-4,6-7,9-12,14-15,17,30H,5,8,13,16H2,1H3. The lowest BCUT2D eigenvalue weighted by Gasteiger charge is -2.17. The third-order valence-corrected chi connectivity index (χ3v) is 6.17. The van der Waals surface area contributed by atoms with E-state index in [2.05, 4.69) is 33.2 Å². The zero-order valence-corrected chi connectivity index (χ0v) is 18.9. The van der Waals surface area contributed by atoms with Crippen molar-refractivity contribution in [2.75, 3.05) is 7.05 Å². The van der Waals surface area contributed by atoms with Gasteiger partial charge in [0.15, 0.2) is 0 Å². The molecule has 0 aliphatic rings. The minimum Gasteiger partial charge on any atom is -0.507 e. The first-order valence-electron chi connectivity index (χ1n) is 10.2. The summed E-state index contributed by atoms with van der Waals surface area (Å²) in [5.74, 6) is 0.162. The van der Waals surface area contributed by atoms with Gasteiger partial charge in [-0.15, -0.1) is 0 Å². The highest BCUT2D eigenvalue weighted by atomic mass is 79.9. The number of nitrogens with zero attached hydrogens (tertiary/aromatic N) is 3. The maximum atomic E-state index is 12.9. The van der Waals surface area contributed by atoms with Crippen LogP contribution in [-0.4, -0.2) is 32.7 Å². The van der Waals surface area contributed by atoms with E-state index in [1.165, 1.54) is 5.56 Å². The number of aromatic nitrogens is 2. The molecule has 0 aliphatic heterocycles. The average molecular weight is 478 g/mol. The van der Waals surface area contributed by atoms with Crippen molar-refractivity contribution >= 4 is 32.6 Å². The van der Waals surface area contributed by atoms with Crippen molar-refractivity contribution in [1.82, 2.24) is 14.7 Å². The molecule has 4 aromatic rings. The predicted octanol–water partition coefficient (Wildman–Crippen LogP) is 5.41. The molecular formula is C25H24BrN3O2. The third-order valence-electron chi connectivity index (χ3n) is 5.34. The maximum absolute atomic E-state index is 12.9. The second-order valence-electron chi connectivity index (χ2n) is 7.70. The van der Waals surface area contributed by atoms with Crippen molar-refractivity contribution in [1.29, 1.82) is 0 Å². The van der Waals surface area contributed by atoms with Crippen molar-refractivity contribution in [2.24, 2.45) is 0 Å². The van der Waals surface area contributed by atoms with E-state index in [0.29, 0.717) is 16.6 Å². The van der Waals surface area contributed by atoms with Crippen LogP contribution < -0.4 is 0 Å². The molecule has 0 radical (unpaired) electrons. The van der Waals surface area contributed by atoms with E-state index in [1.807, 2.05) is 53.3 Å². The van der Waals surface area contributed by atoms with Crippen molar-refractivity contribution in [3.63, 3.8) is 0 Å². The number of amides is 1. The van der Waals surface area contributed by atoms with Gasteiger partial charge in [0.05, 0.1) is 16.2 Å². The van der Waals surface area contributed by atoms with Gasteiger partial charge in [0, 0.05) is 26.3 Å². The molecule has 1 N–H and O–H groups in total. The highest BCUT2D eigenvalue weighted by Gasteiger charge is 2.15. The van der Waals surface area contributed by atoms with Crippen LogP contribution >= 0.6 is 15.9 Å². The first-order valence-corrected chi connectivity index (χ1v) is 11.0. The molecule has 0 atom stereocenters. The number of phenolic OH excluding ortho intramolecular Hbond substituents is 1. The largest absolute Gasteiger partial charge is 0.507 e. The van der Waals surface area contributed by atoms with Crippen molar-refractivity contribution in [2.45, 2.75) is 25.9 Å². The molecule has 1 aromatic heterocycles. The Labute approximate surface area is 190 Å². The van der Waals surface area contributed by atoms with Gasteiger partial charge in [0.25, 0.3) is 5.91 Å². The van der Waals surface area contributed by atoms with Crippen LogP contribution in [-0.2, 0) is 19.5 Å². The maximum Gasteiger partial charge on any atom is 0.257 e. The van der Waals surface area contributed by atoms with E-state index in [9.17, 15) is 9.90 Å². The zero-order chi connectivity index (χ0) is 21.8. The van der Waals surface area contributed by atoms with Gasteiger partial charge >= 0.3 is 0 Å². The molecule has 0 unspecified atom stereocenters. The molecule has 0 bridgehead atoms. The topological polar surface area (TPSA) is 58.4 Å². The molecule has 0 aliphatic carbocycles.